The van der Waals surface area contributed by atoms with Crippen LogP contribution in [-0.4, -0.2) is 12.0 Å². The van der Waals surface area contributed by atoms with Crippen molar-refractivity contribution >= 4 is 0 Å². The van der Waals surface area contributed by atoms with Crippen molar-refractivity contribution in [1.29, 1.82) is 0 Å². The zero-order valence-electron chi connectivity index (χ0n) is 6.39. The van der Waals surface area contributed by atoms with Crippen LogP contribution in [0, 0.1) is 6.92 Å². The van der Waals surface area contributed by atoms with Gasteiger partial charge in [-0.3, -0.25) is 4.98 Å². The Balaban J connectivity index is 2.69. The molecule has 0 aliphatic carbocycles. The Morgan fingerprint density at radius 2 is 2.30 bits per heavy atom. The van der Waals surface area contributed by atoms with Crippen molar-refractivity contribution < 1.29 is 0 Å². The van der Waals surface area contributed by atoms with Crippen LogP contribution in [0.3, 0.4) is 0 Å². The van der Waals surface area contributed by atoms with Crippen molar-refractivity contribution in [2.24, 2.45) is 0 Å². The molecule has 0 aromatic carbocycles. The molecule has 0 atom stereocenters. The van der Waals surface area contributed by atoms with Gasteiger partial charge >= 0.3 is 0 Å². The summed E-state index contributed by atoms with van der Waals surface area (Å²) in [5.41, 5.74) is 2.30. The quantitative estimate of drug-likeness (QED) is 0.658. The largest absolute Gasteiger partial charge is 0.316 e. The van der Waals surface area contributed by atoms with E-state index in [0.717, 1.165) is 12.2 Å². The molecule has 10 heavy (non-hydrogen) atoms. The summed E-state index contributed by atoms with van der Waals surface area (Å²) in [5.74, 6) is 0. The molecule has 0 unspecified atom stereocenters. The lowest BCUT2D eigenvalue weighted by molar-refractivity contribution is 0.812. The maximum Gasteiger partial charge on any atom is 0.0372 e. The fraction of sp³-hybridized carbons (Fsp3) is 0.375. The number of aromatic nitrogens is 1. The van der Waals surface area contributed by atoms with Crippen molar-refractivity contribution in [3.63, 3.8) is 0 Å². The highest BCUT2D eigenvalue weighted by Gasteiger charge is 1.88. The van der Waals surface area contributed by atoms with E-state index in [9.17, 15) is 0 Å². The smallest absolute Gasteiger partial charge is 0.0372 e. The molecule has 1 rings (SSSR count). The molecule has 0 fully saturated rings. The van der Waals surface area contributed by atoms with E-state index in [-0.39, 0.29) is 0 Å². The third-order valence-corrected chi connectivity index (χ3v) is 1.35. The minimum Gasteiger partial charge on any atom is -0.316 e. The minimum absolute atomic E-state index is 0.896. The van der Waals surface area contributed by atoms with Gasteiger partial charge in [0, 0.05) is 18.4 Å². The molecular weight excluding hydrogens is 124 g/mol. The Morgan fingerprint density at radius 3 is 2.80 bits per heavy atom. The van der Waals surface area contributed by atoms with Gasteiger partial charge in [0.25, 0.3) is 0 Å². The summed E-state index contributed by atoms with van der Waals surface area (Å²) in [6.07, 6.45) is 1.89. The van der Waals surface area contributed by atoms with Crippen molar-refractivity contribution in [1.82, 2.24) is 10.3 Å². The second-order valence-corrected chi connectivity index (χ2v) is 2.34. The van der Waals surface area contributed by atoms with Gasteiger partial charge < -0.3 is 5.32 Å². The summed E-state index contributed by atoms with van der Waals surface area (Å²) in [6.45, 7) is 2.89. The summed E-state index contributed by atoms with van der Waals surface area (Å²) in [6, 6.07) is 4.10. The summed E-state index contributed by atoms with van der Waals surface area (Å²) in [4.78, 5) is 4.16. The molecule has 0 saturated carbocycles. The van der Waals surface area contributed by atoms with Crippen LogP contribution in [0.15, 0.2) is 18.3 Å². The number of pyridine rings is 1. The van der Waals surface area contributed by atoms with Crippen molar-refractivity contribution in [3.05, 3.63) is 29.6 Å². The lowest BCUT2D eigenvalue weighted by Gasteiger charge is -1.97. The van der Waals surface area contributed by atoms with Crippen LogP contribution >= 0.6 is 0 Å². The molecule has 0 bridgehead atoms. The summed E-state index contributed by atoms with van der Waals surface area (Å²) < 4.78 is 0. The summed E-state index contributed by atoms with van der Waals surface area (Å²) in [5, 5.41) is 3.06. The van der Waals surface area contributed by atoms with Crippen molar-refractivity contribution in [2.75, 3.05) is 7.05 Å². The minimum atomic E-state index is 0.896. The number of rotatable bonds is 2. The zero-order valence-corrected chi connectivity index (χ0v) is 6.39. The van der Waals surface area contributed by atoms with Crippen molar-refractivity contribution in [3.8, 4) is 0 Å². The van der Waals surface area contributed by atoms with E-state index in [1.165, 1.54) is 5.56 Å². The SMILES string of the molecule is CNCc1ccc(C)nc1. The van der Waals surface area contributed by atoms with Crippen LogP contribution in [0.2, 0.25) is 0 Å². The standard InChI is InChI=1S/C8H12N2/c1-7-3-4-8(5-9-2)6-10-7/h3-4,6,9H,5H2,1-2H3. The van der Waals surface area contributed by atoms with Gasteiger partial charge in [-0.05, 0) is 25.6 Å². The second-order valence-electron chi connectivity index (χ2n) is 2.34. The Kier molecular flexibility index (Phi) is 2.40. The molecule has 0 spiro atoms. The molecular formula is C8H12N2. The molecule has 1 heterocycles. The van der Waals surface area contributed by atoms with Crippen LogP contribution < -0.4 is 5.32 Å². The number of nitrogens with zero attached hydrogens (tertiary/aromatic N) is 1. The molecule has 1 aromatic heterocycles. The maximum absolute atomic E-state index is 4.16. The Hall–Kier alpha value is -0.890. The zero-order chi connectivity index (χ0) is 7.40. The maximum atomic E-state index is 4.16. The first-order chi connectivity index (χ1) is 4.83. The second kappa shape index (κ2) is 3.32. The van der Waals surface area contributed by atoms with E-state index in [4.69, 9.17) is 0 Å². The van der Waals surface area contributed by atoms with E-state index >= 15 is 0 Å². The number of hydrogen-bond acceptors (Lipinski definition) is 2. The van der Waals surface area contributed by atoms with Gasteiger partial charge in [0.2, 0.25) is 0 Å². The topological polar surface area (TPSA) is 24.9 Å². The molecule has 1 N–H and O–H groups in total. The monoisotopic (exact) mass is 136 g/mol. The molecule has 54 valence electrons. The van der Waals surface area contributed by atoms with Gasteiger partial charge in [0.05, 0.1) is 0 Å². The van der Waals surface area contributed by atoms with Gasteiger partial charge in [0.1, 0.15) is 0 Å². The molecule has 1 aromatic rings. The fourth-order valence-electron chi connectivity index (χ4n) is 0.807. The number of nitrogens with one attached hydrogen (secondary N) is 1. The average Bonchev–Trinajstić information content (AvgIpc) is 1.95. The van der Waals surface area contributed by atoms with E-state index in [1.54, 1.807) is 0 Å². The van der Waals surface area contributed by atoms with E-state index in [0.29, 0.717) is 0 Å². The van der Waals surface area contributed by atoms with Gasteiger partial charge in [-0.15, -0.1) is 0 Å². The van der Waals surface area contributed by atoms with Gasteiger partial charge in [-0.1, -0.05) is 6.07 Å². The van der Waals surface area contributed by atoms with Crippen LogP contribution in [0.1, 0.15) is 11.3 Å². The van der Waals surface area contributed by atoms with Gasteiger partial charge in [0.15, 0.2) is 0 Å². The third-order valence-electron chi connectivity index (χ3n) is 1.35. The lowest BCUT2D eigenvalue weighted by Crippen LogP contribution is -2.05. The first kappa shape index (κ1) is 7.22. The molecule has 0 aliphatic rings. The Labute approximate surface area is 61.3 Å². The third kappa shape index (κ3) is 1.81. The van der Waals surface area contributed by atoms with E-state index in [2.05, 4.69) is 16.4 Å². The van der Waals surface area contributed by atoms with Crippen LogP contribution in [-0.2, 0) is 6.54 Å². The van der Waals surface area contributed by atoms with E-state index < -0.39 is 0 Å². The highest BCUT2D eigenvalue weighted by molar-refractivity contribution is 5.12. The molecule has 0 amide bonds. The summed E-state index contributed by atoms with van der Waals surface area (Å²) in [7, 11) is 1.93. The highest BCUT2D eigenvalue weighted by Crippen LogP contribution is 1.97. The van der Waals surface area contributed by atoms with Crippen LogP contribution in [0.5, 0.6) is 0 Å². The highest BCUT2D eigenvalue weighted by atomic mass is 14.8. The van der Waals surface area contributed by atoms with Crippen molar-refractivity contribution in [2.45, 2.75) is 13.5 Å². The predicted molar refractivity (Wildman–Crippen MR) is 41.7 cm³/mol. The molecule has 2 nitrogen and oxygen atoms in total. The summed E-state index contributed by atoms with van der Waals surface area (Å²) >= 11 is 0. The normalized spacial score (nSPS) is 9.80. The lowest BCUT2D eigenvalue weighted by atomic mass is 10.2. The molecule has 0 radical (unpaired) electrons. The van der Waals surface area contributed by atoms with Gasteiger partial charge in [-0.25, -0.2) is 0 Å². The predicted octanol–water partition coefficient (Wildman–Crippen LogP) is 1.11. The fourth-order valence-corrected chi connectivity index (χ4v) is 0.807. The van der Waals surface area contributed by atoms with Crippen LogP contribution in [0.4, 0.5) is 0 Å². The Bertz CT molecular complexity index is 191. The molecule has 0 saturated heterocycles. The Morgan fingerprint density at radius 1 is 1.50 bits per heavy atom. The first-order valence-electron chi connectivity index (χ1n) is 3.39. The molecule has 0 aliphatic heterocycles. The average molecular weight is 136 g/mol. The molecule has 2 heteroatoms. The first-order valence-corrected chi connectivity index (χ1v) is 3.39. The van der Waals surface area contributed by atoms with Gasteiger partial charge in [-0.2, -0.15) is 0 Å². The van der Waals surface area contributed by atoms with E-state index in [1.807, 2.05) is 26.2 Å². The number of hydrogen-bond donors (Lipinski definition) is 1. The number of aryl methyl sites for hydroxylation is 1. The van der Waals surface area contributed by atoms with Crippen LogP contribution in [0.25, 0.3) is 0 Å².